The predicted molar refractivity (Wildman–Crippen MR) is 107 cm³/mol. The van der Waals surface area contributed by atoms with Gasteiger partial charge in [0.1, 0.15) is 0 Å². The number of benzene rings is 2. The molecule has 1 heterocycles. The van der Waals surface area contributed by atoms with E-state index in [1.54, 1.807) is 0 Å². The average molecular weight is 332 g/mol. The van der Waals surface area contributed by atoms with Crippen LogP contribution in [-0.2, 0) is 6.42 Å². The molecule has 1 N–H and O–H groups in total. The molecule has 2 heteroatoms. The molecule has 0 bridgehead atoms. The summed E-state index contributed by atoms with van der Waals surface area (Å²) >= 11 is 0. The SMILES string of the molecule is CCCCCCCCc1ccc(-c2cc(-c3ccccc3)[nH]n2)cc1. The maximum absolute atomic E-state index is 4.47. The molecule has 0 radical (unpaired) electrons. The average Bonchev–Trinajstić information content (AvgIpc) is 3.16. The molecule has 0 fully saturated rings. The monoisotopic (exact) mass is 332 g/mol. The molecule has 0 spiro atoms. The van der Waals surface area contributed by atoms with Crippen LogP contribution in [-0.4, -0.2) is 10.2 Å². The van der Waals surface area contributed by atoms with Gasteiger partial charge in [-0.05, 0) is 30.0 Å². The fourth-order valence-corrected chi connectivity index (χ4v) is 3.19. The van der Waals surface area contributed by atoms with E-state index in [2.05, 4.69) is 59.6 Å². The molecular formula is C23H28N2. The van der Waals surface area contributed by atoms with E-state index in [-0.39, 0.29) is 0 Å². The Morgan fingerprint density at radius 1 is 0.760 bits per heavy atom. The van der Waals surface area contributed by atoms with Crippen molar-refractivity contribution in [1.82, 2.24) is 10.2 Å². The van der Waals surface area contributed by atoms with Gasteiger partial charge in [-0.1, -0.05) is 93.6 Å². The number of hydrogen-bond donors (Lipinski definition) is 1. The fourth-order valence-electron chi connectivity index (χ4n) is 3.19. The van der Waals surface area contributed by atoms with E-state index in [1.807, 2.05) is 18.2 Å². The van der Waals surface area contributed by atoms with Gasteiger partial charge in [0, 0.05) is 5.56 Å². The smallest absolute Gasteiger partial charge is 0.0927 e. The topological polar surface area (TPSA) is 28.7 Å². The second-order valence-electron chi connectivity index (χ2n) is 6.75. The van der Waals surface area contributed by atoms with Crippen molar-refractivity contribution < 1.29 is 0 Å². The lowest BCUT2D eigenvalue weighted by atomic mass is 10.0. The maximum Gasteiger partial charge on any atom is 0.0927 e. The number of unbranched alkanes of at least 4 members (excludes halogenated alkanes) is 5. The van der Waals surface area contributed by atoms with Crippen LogP contribution in [0.5, 0.6) is 0 Å². The molecule has 0 atom stereocenters. The summed E-state index contributed by atoms with van der Waals surface area (Å²) in [6.07, 6.45) is 9.29. The van der Waals surface area contributed by atoms with E-state index in [4.69, 9.17) is 0 Å². The molecule has 0 aliphatic heterocycles. The number of hydrogen-bond acceptors (Lipinski definition) is 1. The van der Waals surface area contributed by atoms with Crippen LogP contribution in [0.2, 0.25) is 0 Å². The highest BCUT2D eigenvalue weighted by Gasteiger charge is 2.05. The summed E-state index contributed by atoms with van der Waals surface area (Å²) in [6, 6.07) is 21.3. The highest BCUT2D eigenvalue weighted by molar-refractivity contribution is 5.68. The molecule has 1 aromatic heterocycles. The molecule has 0 saturated heterocycles. The van der Waals surface area contributed by atoms with Crippen LogP contribution < -0.4 is 0 Å². The standard InChI is InChI=1S/C23H28N2/c1-2-3-4-5-6-8-11-19-14-16-21(17-15-19)23-18-22(24-25-23)20-12-9-7-10-13-20/h7,9-10,12-18H,2-6,8,11H2,1H3,(H,24,25). The molecule has 130 valence electrons. The highest BCUT2D eigenvalue weighted by Crippen LogP contribution is 2.24. The third kappa shape index (κ3) is 5.06. The van der Waals surface area contributed by atoms with E-state index in [9.17, 15) is 0 Å². The zero-order chi connectivity index (χ0) is 17.3. The fraction of sp³-hybridized carbons (Fsp3) is 0.348. The van der Waals surface area contributed by atoms with Gasteiger partial charge in [-0.3, -0.25) is 5.10 Å². The lowest BCUT2D eigenvalue weighted by molar-refractivity contribution is 0.607. The van der Waals surface area contributed by atoms with Crippen LogP contribution in [0.4, 0.5) is 0 Å². The molecule has 3 rings (SSSR count). The molecule has 0 amide bonds. The van der Waals surface area contributed by atoms with Crippen molar-refractivity contribution in [1.29, 1.82) is 0 Å². The van der Waals surface area contributed by atoms with Crippen molar-refractivity contribution in [2.75, 3.05) is 0 Å². The van der Waals surface area contributed by atoms with Gasteiger partial charge >= 0.3 is 0 Å². The molecule has 0 aliphatic carbocycles. The van der Waals surface area contributed by atoms with Crippen molar-refractivity contribution >= 4 is 0 Å². The first kappa shape index (κ1) is 17.5. The molecule has 0 aliphatic rings. The second kappa shape index (κ2) is 9.22. The third-order valence-corrected chi connectivity index (χ3v) is 4.73. The van der Waals surface area contributed by atoms with E-state index in [0.717, 1.165) is 11.4 Å². The largest absolute Gasteiger partial charge is 0.277 e. The Labute approximate surface area is 151 Å². The summed E-state index contributed by atoms with van der Waals surface area (Å²) in [6.45, 7) is 2.27. The van der Waals surface area contributed by atoms with Gasteiger partial charge < -0.3 is 0 Å². The lowest BCUT2D eigenvalue weighted by Gasteiger charge is -2.03. The van der Waals surface area contributed by atoms with E-state index < -0.39 is 0 Å². The molecular weight excluding hydrogens is 304 g/mol. The van der Waals surface area contributed by atoms with Crippen molar-refractivity contribution in [3.63, 3.8) is 0 Å². The molecule has 0 saturated carbocycles. The lowest BCUT2D eigenvalue weighted by Crippen LogP contribution is -1.87. The van der Waals surface area contributed by atoms with Crippen LogP contribution in [0.15, 0.2) is 60.7 Å². The first-order valence-corrected chi connectivity index (χ1v) is 9.57. The number of nitrogens with zero attached hydrogens (tertiary/aromatic N) is 1. The number of aromatic amines is 1. The number of aromatic nitrogens is 2. The third-order valence-electron chi connectivity index (χ3n) is 4.73. The molecule has 3 aromatic rings. The van der Waals surface area contributed by atoms with Gasteiger partial charge in [-0.15, -0.1) is 0 Å². The zero-order valence-corrected chi connectivity index (χ0v) is 15.2. The van der Waals surface area contributed by atoms with Crippen LogP contribution in [0.1, 0.15) is 51.0 Å². The number of nitrogens with one attached hydrogen (secondary N) is 1. The van der Waals surface area contributed by atoms with Gasteiger partial charge in [0.2, 0.25) is 0 Å². The first-order valence-electron chi connectivity index (χ1n) is 9.57. The Bertz CT molecular complexity index is 741. The predicted octanol–water partition coefficient (Wildman–Crippen LogP) is 6.65. The first-order chi connectivity index (χ1) is 12.4. The molecule has 2 aromatic carbocycles. The van der Waals surface area contributed by atoms with Crippen LogP contribution >= 0.6 is 0 Å². The minimum Gasteiger partial charge on any atom is -0.277 e. The Morgan fingerprint density at radius 3 is 2.24 bits per heavy atom. The van der Waals surface area contributed by atoms with E-state index >= 15 is 0 Å². The normalized spacial score (nSPS) is 10.9. The zero-order valence-electron chi connectivity index (χ0n) is 15.2. The maximum atomic E-state index is 4.47. The highest BCUT2D eigenvalue weighted by atomic mass is 15.1. The Kier molecular flexibility index (Phi) is 6.44. The second-order valence-corrected chi connectivity index (χ2v) is 6.75. The van der Waals surface area contributed by atoms with Gasteiger partial charge in [-0.2, -0.15) is 5.10 Å². The molecule has 0 unspecified atom stereocenters. The van der Waals surface area contributed by atoms with E-state index in [0.29, 0.717) is 0 Å². The number of rotatable bonds is 9. The van der Waals surface area contributed by atoms with Gasteiger partial charge in [0.15, 0.2) is 0 Å². The summed E-state index contributed by atoms with van der Waals surface area (Å²) in [5.74, 6) is 0. The summed E-state index contributed by atoms with van der Waals surface area (Å²) in [4.78, 5) is 0. The van der Waals surface area contributed by atoms with Gasteiger partial charge in [0.25, 0.3) is 0 Å². The quantitative estimate of drug-likeness (QED) is 0.437. The van der Waals surface area contributed by atoms with Crippen molar-refractivity contribution in [3.05, 3.63) is 66.2 Å². The minimum absolute atomic E-state index is 1.00. The summed E-state index contributed by atoms with van der Waals surface area (Å²) in [7, 11) is 0. The van der Waals surface area contributed by atoms with Gasteiger partial charge in [-0.25, -0.2) is 0 Å². The summed E-state index contributed by atoms with van der Waals surface area (Å²) in [5, 5.41) is 7.62. The molecule has 2 nitrogen and oxygen atoms in total. The summed E-state index contributed by atoms with van der Waals surface area (Å²) < 4.78 is 0. The summed E-state index contributed by atoms with van der Waals surface area (Å²) in [5.41, 5.74) is 5.83. The van der Waals surface area contributed by atoms with Crippen molar-refractivity contribution in [3.8, 4) is 22.5 Å². The van der Waals surface area contributed by atoms with Gasteiger partial charge in [0.05, 0.1) is 11.4 Å². The Hall–Kier alpha value is -2.35. The van der Waals surface area contributed by atoms with Crippen LogP contribution in [0.3, 0.4) is 0 Å². The molecule has 25 heavy (non-hydrogen) atoms. The van der Waals surface area contributed by atoms with Crippen molar-refractivity contribution in [2.24, 2.45) is 0 Å². The number of H-pyrrole nitrogens is 1. The van der Waals surface area contributed by atoms with E-state index in [1.165, 1.54) is 61.6 Å². The van der Waals surface area contributed by atoms with Crippen molar-refractivity contribution in [2.45, 2.75) is 51.9 Å². The number of aryl methyl sites for hydroxylation is 1. The Morgan fingerprint density at radius 2 is 1.48 bits per heavy atom. The Balaban J connectivity index is 1.55. The minimum atomic E-state index is 1.00. The van der Waals surface area contributed by atoms with Crippen LogP contribution in [0, 0.1) is 0 Å². The van der Waals surface area contributed by atoms with Crippen LogP contribution in [0.25, 0.3) is 22.5 Å².